The van der Waals surface area contributed by atoms with Crippen molar-refractivity contribution in [2.75, 3.05) is 24.8 Å². The van der Waals surface area contributed by atoms with E-state index in [1.165, 1.54) is 0 Å². The zero-order valence-corrected chi connectivity index (χ0v) is 13.0. The molecule has 0 aliphatic rings. The number of hydrogen-bond donors (Lipinski definition) is 1. The molecule has 2 N–H and O–H groups in total. The maximum Gasteiger partial charge on any atom is 0.229 e. The molecule has 0 bridgehead atoms. The number of rotatable bonds is 6. The number of hydrogen-bond acceptors (Lipinski definition) is 3. The normalized spacial score (nSPS) is 13.9. The predicted octanol–water partition coefficient (Wildman–Crippen LogP) is 2.97. The number of carbonyl (C=O) groups is 1. The van der Waals surface area contributed by atoms with Gasteiger partial charge in [-0.1, -0.05) is 19.1 Å². The van der Waals surface area contributed by atoms with Crippen LogP contribution in [0.5, 0.6) is 0 Å². The number of anilines is 1. The third kappa shape index (κ3) is 4.16. The van der Waals surface area contributed by atoms with Gasteiger partial charge in [-0.05, 0) is 37.3 Å². The Kier molecular flexibility index (Phi) is 6.22. The molecule has 0 aliphatic heterocycles. The molecular weight excluding hydrogens is 256 g/mol. The summed E-state index contributed by atoms with van der Waals surface area (Å²) in [7, 11) is 1.90. The summed E-state index contributed by atoms with van der Waals surface area (Å²) in [6, 6.07) is 7.88. The number of benzene rings is 1. The van der Waals surface area contributed by atoms with E-state index < -0.39 is 0 Å². The van der Waals surface area contributed by atoms with Crippen molar-refractivity contribution in [2.24, 2.45) is 0 Å². The number of carbonyl (C=O) groups excluding carboxylic acids is 1. The van der Waals surface area contributed by atoms with Crippen LogP contribution in [0.1, 0.15) is 31.7 Å². The fourth-order valence-electron chi connectivity index (χ4n) is 2.15. The van der Waals surface area contributed by atoms with Gasteiger partial charge in [-0.3, -0.25) is 4.79 Å². The highest BCUT2D eigenvalue weighted by atomic mass is 32.2. The van der Waals surface area contributed by atoms with Crippen LogP contribution in [0.4, 0.5) is 5.69 Å². The number of amides is 1. The lowest BCUT2D eigenvalue weighted by atomic mass is 9.98. The third-order valence-corrected chi connectivity index (χ3v) is 4.22. The Morgan fingerprint density at radius 2 is 2.16 bits per heavy atom. The number of nitrogens with zero attached hydrogens (tertiary/aromatic N) is 1. The molecule has 1 aromatic carbocycles. The maximum absolute atomic E-state index is 12.5. The molecule has 2 unspecified atom stereocenters. The second-order valence-corrected chi connectivity index (χ2v) is 5.77. The van der Waals surface area contributed by atoms with E-state index >= 15 is 0 Å². The molecule has 1 amide bonds. The topological polar surface area (TPSA) is 46.3 Å². The lowest BCUT2D eigenvalue weighted by Gasteiger charge is -2.29. The van der Waals surface area contributed by atoms with E-state index in [4.69, 9.17) is 5.73 Å². The highest BCUT2D eigenvalue weighted by molar-refractivity contribution is 7.98. The quantitative estimate of drug-likeness (QED) is 0.815. The van der Waals surface area contributed by atoms with E-state index in [0.717, 1.165) is 17.7 Å². The van der Waals surface area contributed by atoms with E-state index in [1.807, 2.05) is 43.1 Å². The van der Waals surface area contributed by atoms with E-state index in [0.29, 0.717) is 11.7 Å². The summed E-state index contributed by atoms with van der Waals surface area (Å²) in [6.07, 6.45) is 3.05. The molecule has 0 spiro atoms. The molecule has 1 rings (SSSR count). The molecule has 2 atom stereocenters. The molecule has 0 aliphatic carbocycles. The van der Waals surface area contributed by atoms with Crippen molar-refractivity contribution in [1.29, 1.82) is 0 Å². The summed E-state index contributed by atoms with van der Waals surface area (Å²) in [5.41, 5.74) is 7.46. The van der Waals surface area contributed by atoms with Crippen LogP contribution >= 0.6 is 11.8 Å². The number of nitrogen functional groups attached to an aromatic ring is 1. The van der Waals surface area contributed by atoms with Crippen LogP contribution in [0.15, 0.2) is 24.3 Å². The largest absolute Gasteiger partial charge is 0.399 e. The smallest absolute Gasteiger partial charge is 0.229 e. The van der Waals surface area contributed by atoms with Crippen LogP contribution in [0.2, 0.25) is 0 Å². The summed E-state index contributed by atoms with van der Waals surface area (Å²) in [6.45, 7) is 4.06. The lowest BCUT2D eigenvalue weighted by Crippen LogP contribution is -2.40. The minimum Gasteiger partial charge on any atom is -0.399 e. The van der Waals surface area contributed by atoms with Gasteiger partial charge in [0.05, 0.1) is 5.92 Å². The third-order valence-electron chi connectivity index (χ3n) is 3.51. The predicted molar refractivity (Wildman–Crippen MR) is 84.5 cm³/mol. The molecule has 0 radical (unpaired) electrons. The summed E-state index contributed by atoms with van der Waals surface area (Å²) in [5.74, 6) is 0.985. The van der Waals surface area contributed by atoms with Crippen LogP contribution in [0, 0.1) is 0 Å². The van der Waals surface area contributed by atoms with Gasteiger partial charge < -0.3 is 10.6 Å². The summed E-state index contributed by atoms with van der Waals surface area (Å²) < 4.78 is 0. The molecule has 3 nitrogen and oxygen atoms in total. The average molecular weight is 280 g/mol. The Morgan fingerprint density at radius 3 is 2.68 bits per heavy atom. The number of nitrogens with two attached hydrogens (primary N) is 1. The summed E-state index contributed by atoms with van der Waals surface area (Å²) in [5, 5.41) is 0. The van der Waals surface area contributed by atoms with E-state index in [9.17, 15) is 4.79 Å². The molecule has 0 saturated carbocycles. The molecule has 0 heterocycles. The highest BCUT2D eigenvalue weighted by Gasteiger charge is 2.24. The molecule has 4 heteroatoms. The Bertz CT molecular complexity index is 422. The minimum atomic E-state index is -0.149. The van der Waals surface area contributed by atoms with E-state index in [2.05, 4.69) is 13.2 Å². The Labute approximate surface area is 120 Å². The van der Waals surface area contributed by atoms with Gasteiger partial charge in [-0.15, -0.1) is 0 Å². The van der Waals surface area contributed by atoms with Crippen molar-refractivity contribution < 1.29 is 4.79 Å². The van der Waals surface area contributed by atoms with Crippen LogP contribution in [-0.4, -0.2) is 35.9 Å². The summed E-state index contributed by atoms with van der Waals surface area (Å²) >= 11 is 1.78. The van der Waals surface area contributed by atoms with Gasteiger partial charge in [-0.2, -0.15) is 11.8 Å². The molecule has 106 valence electrons. The zero-order valence-electron chi connectivity index (χ0n) is 12.2. The van der Waals surface area contributed by atoms with Gasteiger partial charge >= 0.3 is 0 Å². The van der Waals surface area contributed by atoms with Crippen molar-refractivity contribution >= 4 is 23.4 Å². The first kappa shape index (κ1) is 15.9. The van der Waals surface area contributed by atoms with Crippen molar-refractivity contribution in [3.8, 4) is 0 Å². The van der Waals surface area contributed by atoms with Crippen molar-refractivity contribution in [3.63, 3.8) is 0 Å². The number of thioether (sulfide) groups is 1. The van der Waals surface area contributed by atoms with Crippen molar-refractivity contribution in [2.45, 2.75) is 32.2 Å². The molecule has 0 fully saturated rings. The first-order chi connectivity index (χ1) is 9.01. The Morgan fingerprint density at radius 1 is 1.47 bits per heavy atom. The number of likely N-dealkylation sites (N-methyl/N-ethyl adjacent to an activating group) is 1. The molecule has 0 aromatic heterocycles. The van der Waals surface area contributed by atoms with E-state index in [-0.39, 0.29) is 11.8 Å². The van der Waals surface area contributed by atoms with E-state index in [1.54, 1.807) is 11.8 Å². The second kappa shape index (κ2) is 7.43. The highest BCUT2D eigenvalue weighted by Crippen LogP contribution is 2.21. The monoisotopic (exact) mass is 280 g/mol. The Balaban J connectivity index is 2.81. The van der Waals surface area contributed by atoms with Crippen LogP contribution in [0.3, 0.4) is 0 Å². The van der Waals surface area contributed by atoms with Gasteiger partial charge in [0, 0.05) is 24.5 Å². The van der Waals surface area contributed by atoms with Gasteiger partial charge in [0.15, 0.2) is 0 Å². The first-order valence-electron chi connectivity index (χ1n) is 6.62. The molecular formula is C15H24N2OS. The molecule has 19 heavy (non-hydrogen) atoms. The standard InChI is InChI=1S/C15H24N2OS/c1-5-14(10-19-4)17(3)15(18)11(2)12-7-6-8-13(16)9-12/h6-9,11,14H,5,10,16H2,1-4H3. The summed E-state index contributed by atoms with van der Waals surface area (Å²) in [4.78, 5) is 14.4. The van der Waals surface area contributed by atoms with Crippen LogP contribution < -0.4 is 5.73 Å². The average Bonchev–Trinajstić information content (AvgIpc) is 2.42. The van der Waals surface area contributed by atoms with Crippen LogP contribution in [0.25, 0.3) is 0 Å². The lowest BCUT2D eigenvalue weighted by molar-refractivity contribution is -0.132. The van der Waals surface area contributed by atoms with Crippen molar-refractivity contribution in [3.05, 3.63) is 29.8 Å². The SMILES string of the molecule is CCC(CSC)N(C)C(=O)C(C)c1cccc(N)c1. The van der Waals surface area contributed by atoms with Gasteiger partial charge in [-0.25, -0.2) is 0 Å². The second-order valence-electron chi connectivity index (χ2n) is 4.86. The van der Waals surface area contributed by atoms with Crippen molar-refractivity contribution in [1.82, 2.24) is 4.90 Å². The fraction of sp³-hybridized carbons (Fsp3) is 0.533. The van der Waals surface area contributed by atoms with Gasteiger partial charge in [0.25, 0.3) is 0 Å². The van der Waals surface area contributed by atoms with Gasteiger partial charge in [0.2, 0.25) is 5.91 Å². The zero-order chi connectivity index (χ0) is 14.4. The fourth-order valence-corrected chi connectivity index (χ4v) is 3.00. The Hall–Kier alpha value is -1.16. The maximum atomic E-state index is 12.5. The minimum absolute atomic E-state index is 0.149. The molecule has 0 saturated heterocycles. The first-order valence-corrected chi connectivity index (χ1v) is 8.01. The van der Waals surface area contributed by atoms with Gasteiger partial charge in [0.1, 0.15) is 0 Å². The molecule has 1 aromatic rings. The van der Waals surface area contributed by atoms with Crippen LogP contribution in [-0.2, 0) is 4.79 Å².